The van der Waals surface area contributed by atoms with Crippen LogP contribution in [0.1, 0.15) is 27.0 Å². The van der Waals surface area contributed by atoms with E-state index in [0.717, 1.165) is 16.7 Å². The van der Waals surface area contributed by atoms with Crippen molar-refractivity contribution >= 4 is 17.5 Å². The summed E-state index contributed by atoms with van der Waals surface area (Å²) in [6.45, 7) is 1.36. The number of rotatable bonds is 7. The van der Waals surface area contributed by atoms with Gasteiger partial charge in [-0.2, -0.15) is 0 Å². The molecule has 0 radical (unpaired) electrons. The van der Waals surface area contributed by atoms with Gasteiger partial charge in [0.25, 0.3) is 11.5 Å². The van der Waals surface area contributed by atoms with Crippen molar-refractivity contribution in [3.63, 3.8) is 0 Å². The second kappa shape index (κ2) is 9.45. The van der Waals surface area contributed by atoms with Crippen LogP contribution in [-0.2, 0) is 19.6 Å². The Balaban J connectivity index is 1.47. The number of imidazole rings is 1. The van der Waals surface area contributed by atoms with Crippen LogP contribution in [0.2, 0.25) is 5.02 Å². The zero-order valence-corrected chi connectivity index (χ0v) is 17.5. The van der Waals surface area contributed by atoms with E-state index in [9.17, 15) is 9.59 Å². The summed E-state index contributed by atoms with van der Waals surface area (Å²) in [6, 6.07) is 18.2. The summed E-state index contributed by atoms with van der Waals surface area (Å²) in [5, 5.41) is 3.53. The number of hydrogen-bond acceptors (Lipinski definition) is 3. The van der Waals surface area contributed by atoms with Crippen LogP contribution in [0.4, 0.5) is 0 Å². The molecule has 0 fully saturated rings. The SMILES string of the molecule is O=C(NCc1ccccc1Cn1ccnc1)c1ccc(=O)n(Cc2ccccc2Cl)c1. The molecule has 0 aliphatic heterocycles. The van der Waals surface area contributed by atoms with Gasteiger partial charge in [0.1, 0.15) is 0 Å². The molecule has 4 aromatic rings. The van der Waals surface area contributed by atoms with Crippen LogP contribution in [0.25, 0.3) is 0 Å². The molecule has 1 N–H and O–H groups in total. The van der Waals surface area contributed by atoms with E-state index in [1.54, 1.807) is 24.8 Å². The van der Waals surface area contributed by atoms with Crippen molar-refractivity contribution in [1.29, 1.82) is 0 Å². The van der Waals surface area contributed by atoms with E-state index < -0.39 is 0 Å². The highest BCUT2D eigenvalue weighted by Gasteiger charge is 2.10. The Kier molecular flexibility index (Phi) is 6.29. The van der Waals surface area contributed by atoms with Crippen molar-refractivity contribution in [2.45, 2.75) is 19.6 Å². The molecule has 2 aromatic carbocycles. The smallest absolute Gasteiger partial charge is 0.253 e. The monoisotopic (exact) mass is 432 g/mol. The van der Waals surface area contributed by atoms with Gasteiger partial charge >= 0.3 is 0 Å². The number of amides is 1. The summed E-state index contributed by atoms with van der Waals surface area (Å²) in [5.74, 6) is -0.245. The molecule has 0 aliphatic rings. The second-order valence-electron chi connectivity index (χ2n) is 7.16. The van der Waals surface area contributed by atoms with Crippen LogP contribution in [0.15, 0.2) is 90.4 Å². The lowest BCUT2D eigenvalue weighted by atomic mass is 10.1. The molecule has 0 saturated carbocycles. The van der Waals surface area contributed by atoms with Crippen molar-refractivity contribution in [3.8, 4) is 0 Å². The molecule has 6 nitrogen and oxygen atoms in total. The molecule has 156 valence electrons. The van der Waals surface area contributed by atoms with Gasteiger partial charge in [-0.25, -0.2) is 4.98 Å². The number of hydrogen-bond donors (Lipinski definition) is 1. The number of halogens is 1. The summed E-state index contributed by atoms with van der Waals surface area (Å²) < 4.78 is 3.47. The number of aromatic nitrogens is 3. The van der Waals surface area contributed by atoms with Crippen molar-refractivity contribution in [3.05, 3.63) is 123 Å². The lowest BCUT2D eigenvalue weighted by Crippen LogP contribution is -2.27. The number of carbonyl (C=O) groups is 1. The first-order chi connectivity index (χ1) is 15.1. The summed E-state index contributed by atoms with van der Waals surface area (Å²) in [5.41, 5.74) is 3.16. The molecule has 2 aromatic heterocycles. The van der Waals surface area contributed by atoms with Crippen molar-refractivity contribution < 1.29 is 4.79 Å². The first kappa shape index (κ1) is 20.6. The molecule has 0 atom stereocenters. The molecule has 31 heavy (non-hydrogen) atoms. The summed E-state index contributed by atoms with van der Waals surface area (Å²) in [7, 11) is 0. The summed E-state index contributed by atoms with van der Waals surface area (Å²) in [4.78, 5) is 29.1. The molecule has 2 heterocycles. The van der Waals surface area contributed by atoms with Crippen molar-refractivity contribution in [2.24, 2.45) is 0 Å². The summed E-state index contributed by atoms with van der Waals surface area (Å²) in [6.07, 6.45) is 6.97. The van der Waals surface area contributed by atoms with Gasteiger partial charge in [-0.15, -0.1) is 0 Å². The van der Waals surface area contributed by atoms with Gasteiger partial charge in [0.2, 0.25) is 0 Å². The molecule has 0 bridgehead atoms. The van der Waals surface area contributed by atoms with Gasteiger partial charge in [0, 0.05) is 42.8 Å². The van der Waals surface area contributed by atoms with E-state index in [4.69, 9.17) is 11.6 Å². The molecule has 0 unspecified atom stereocenters. The number of nitrogens with one attached hydrogen (secondary N) is 1. The van der Waals surface area contributed by atoms with Gasteiger partial charge < -0.3 is 14.5 Å². The number of carbonyl (C=O) groups excluding carboxylic acids is 1. The van der Waals surface area contributed by atoms with Gasteiger partial charge in [-0.1, -0.05) is 54.1 Å². The van der Waals surface area contributed by atoms with Crippen LogP contribution in [0.5, 0.6) is 0 Å². The molecule has 7 heteroatoms. The lowest BCUT2D eigenvalue weighted by molar-refractivity contribution is 0.0950. The van der Waals surface area contributed by atoms with E-state index >= 15 is 0 Å². The Morgan fingerprint density at radius 3 is 2.42 bits per heavy atom. The zero-order valence-electron chi connectivity index (χ0n) is 16.7. The lowest BCUT2D eigenvalue weighted by Gasteiger charge is -2.12. The van der Waals surface area contributed by atoms with Gasteiger partial charge in [-0.3, -0.25) is 9.59 Å². The molecule has 0 spiro atoms. The van der Waals surface area contributed by atoms with Crippen LogP contribution in [0, 0.1) is 0 Å². The van der Waals surface area contributed by atoms with E-state index in [1.807, 2.05) is 53.2 Å². The van der Waals surface area contributed by atoms with Crippen molar-refractivity contribution in [1.82, 2.24) is 19.4 Å². The first-order valence-corrected chi connectivity index (χ1v) is 10.2. The van der Waals surface area contributed by atoms with Crippen molar-refractivity contribution in [2.75, 3.05) is 0 Å². The Morgan fingerprint density at radius 1 is 0.935 bits per heavy atom. The number of pyridine rings is 1. The minimum atomic E-state index is -0.245. The number of benzene rings is 2. The Morgan fingerprint density at radius 2 is 1.68 bits per heavy atom. The molecule has 0 saturated heterocycles. The van der Waals surface area contributed by atoms with E-state index in [2.05, 4.69) is 10.3 Å². The number of nitrogens with zero attached hydrogens (tertiary/aromatic N) is 3. The maximum Gasteiger partial charge on any atom is 0.253 e. The third kappa shape index (κ3) is 5.10. The fourth-order valence-corrected chi connectivity index (χ4v) is 3.53. The minimum absolute atomic E-state index is 0.192. The topological polar surface area (TPSA) is 68.9 Å². The standard InChI is InChI=1S/C24H21ClN4O2/c25-22-8-4-3-7-20(22)15-29-16-21(9-10-23(29)30)24(31)27-13-18-5-1-2-6-19(18)14-28-12-11-26-17-28/h1-12,16-17H,13-15H2,(H,27,31). The Hall–Kier alpha value is -3.64. The average molecular weight is 433 g/mol. The van der Waals surface area contributed by atoms with Crippen LogP contribution in [-0.4, -0.2) is 20.0 Å². The molecule has 4 rings (SSSR count). The summed E-state index contributed by atoms with van der Waals surface area (Å²) >= 11 is 6.21. The maximum atomic E-state index is 12.8. The predicted molar refractivity (Wildman–Crippen MR) is 120 cm³/mol. The Labute approximate surface area is 184 Å². The minimum Gasteiger partial charge on any atom is -0.348 e. The van der Waals surface area contributed by atoms with Crippen LogP contribution < -0.4 is 10.9 Å². The highest BCUT2D eigenvalue weighted by atomic mass is 35.5. The average Bonchev–Trinajstić information content (AvgIpc) is 3.29. The molecule has 1 amide bonds. The normalized spacial score (nSPS) is 10.7. The van der Waals surface area contributed by atoms with E-state index in [-0.39, 0.29) is 11.5 Å². The van der Waals surface area contributed by atoms with Crippen LogP contribution in [0.3, 0.4) is 0 Å². The van der Waals surface area contributed by atoms with Gasteiger partial charge in [0.15, 0.2) is 0 Å². The van der Waals surface area contributed by atoms with Crippen LogP contribution >= 0.6 is 11.6 Å². The largest absolute Gasteiger partial charge is 0.348 e. The predicted octanol–water partition coefficient (Wildman–Crippen LogP) is 3.72. The second-order valence-corrected chi connectivity index (χ2v) is 7.57. The Bertz CT molecular complexity index is 1250. The maximum absolute atomic E-state index is 12.8. The quantitative estimate of drug-likeness (QED) is 0.484. The van der Waals surface area contributed by atoms with Gasteiger partial charge in [0.05, 0.1) is 18.4 Å². The highest BCUT2D eigenvalue weighted by Crippen LogP contribution is 2.16. The zero-order chi connectivity index (χ0) is 21.6. The fraction of sp³-hybridized carbons (Fsp3) is 0.125. The molecular formula is C24H21ClN4O2. The van der Waals surface area contributed by atoms with E-state index in [0.29, 0.717) is 30.2 Å². The first-order valence-electron chi connectivity index (χ1n) is 9.85. The molecular weight excluding hydrogens is 412 g/mol. The fourth-order valence-electron chi connectivity index (χ4n) is 3.34. The van der Waals surface area contributed by atoms with E-state index in [1.165, 1.54) is 16.7 Å². The third-order valence-electron chi connectivity index (χ3n) is 5.01. The highest BCUT2D eigenvalue weighted by molar-refractivity contribution is 6.31. The molecule has 0 aliphatic carbocycles. The third-order valence-corrected chi connectivity index (χ3v) is 5.38. The van der Waals surface area contributed by atoms with Gasteiger partial charge in [-0.05, 0) is 28.8 Å².